The molecule has 0 amide bonds. The zero-order valence-corrected chi connectivity index (χ0v) is 14.5. The number of benzene rings is 1. The van der Waals surface area contributed by atoms with E-state index in [0.29, 0.717) is 22.1 Å². The van der Waals surface area contributed by atoms with Crippen LogP contribution in [-0.4, -0.2) is 29.4 Å². The van der Waals surface area contributed by atoms with E-state index in [2.05, 4.69) is 25.5 Å². The predicted molar refractivity (Wildman–Crippen MR) is 92.4 cm³/mol. The number of aromatic nitrogens is 6. The van der Waals surface area contributed by atoms with Gasteiger partial charge in [-0.15, -0.1) is 5.10 Å². The number of fused-ring (bicyclic) bond motifs is 1. The van der Waals surface area contributed by atoms with Gasteiger partial charge in [0.05, 0.1) is 28.8 Å². The topological polar surface area (TPSA) is 72.9 Å². The van der Waals surface area contributed by atoms with E-state index in [-0.39, 0.29) is 11.6 Å². The smallest absolute Gasteiger partial charge is 0.337 e. The second kappa shape index (κ2) is 6.23. The van der Waals surface area contributed by atoms with E-state index in [4.69, 9.17) is 11.6 Å². The second-order valence-corrected chi connectivity index (χ2v) is 6.08. The van der Waals surface area contributed by atoms with E-state index in [1.807, 2.05) is 6.07 Å². The zero-order valence-electron chi connectivity index (χ0n) is 13.7. The van der Waals surface area contributed by atoms with Gasteiger partial charge in [-0.2, -0.15) is 27.8 Å². The summed E-state index contributed by atoms with van der Waals surface area (Å²) in [6.45, 7) is 1.65. The highest BCUT2D eigenvalue weighted by Crippen LogP contribution is 2.28. The Kier molecular flexibility index (Phi) is 3.99. The molecule has 0 aliphatic rings. The second-order valence-electron chi connectivity index (χ2n) is 5.68. The van der Waals surface area contributed by atoms with Gasteiger partial charge in [0, 0.05) is 11.8 Å². The van der Waals surface area contributed by atoms with Crippen molar-refractivity contribution in [1.82, 2.24) is 29.4 Å². The molecule has 0 spiro atoms. The van der Waals surface area contributed by atoms with Crippen LogP contribution in [0.2, 0.25) is 5.02 Å². The molecule has 1 aromatic carbocycles. The molecule has 0 radical (unpaired) electrons. The number of hydrogen-bond acceptors (Lipinski definition) is 5. The van der Waals surface area contributed by atoms with Crippen molar-refractivity contribution in [3.8, 4) is 5.69 Å². The Morgan fingerprint density at radius 3 is 2.67 bits per heavy atom. The molecule has 4 aromatic rings. The Morgan fingerprint density at radius 2 is 1.93 bits per heavy atom. The van der Waals surface area contributed by atoms with Crippen LogP contribution in [0.15, 0.2) is 42.7 Å². The fraction of sp³-hybridized carbons (Fsp3) is 0.125. The van der Waals surface area contributed by atoms with Gasteiger partial charge in [-0.1, -0.05) is 23.7 Å². The lowest BCUT2D eigenvalue weighted by molar-refractivity contribution is -0.144. The van der Waals surface area contributed by atoms with Crippen molar-refractivity contribution >= 4 is 28.9 Å². The summed E-state index contributed by atoms with van der Waals surface area (Å²) in [6, 6.07) is 8.71. The molecule has 4 rings (SSSR count). The Bertz CT molecular complexity index is 1130. The third-order valence-corrected chi connectivity index (χ3v) is 3.97. The highest BCUT2D eigenvalue weighted by Gasteiger charge is 2.36. The van der Waals surface area contributed by atoms with Crippen LogP contribution in [0.3, 0.4) is 0 Å². The van der Waals surface area contributed by atoms with Crippen molar-refractivity contribution in [1.29, 1.82) is 0 Å². The predicted octanol–water partition coefficient (Wildman–Crippen LogP) is 4.03. The quantitative estimate of drug-likeness (QED) is 0.569. The van der Waals surface area contributed by atoms with Crippen molar-refractivity contribution in [3.63, 3.8) is 0 Å². The third kappa shape index (κ3) is 3.31. The first-order valence-electron chi connectivity index (χ1n) is 7.69. The normalized spacial score (nSPS) is 11.9. The molecular weight excluding hydrogens is 383 g/mol. The fourth-order valence-electron chi connectivity index (χ4n) is 2.50. The molecule has 0 fully saturated rings. The summed E-state index contributed by atoms with van der Waals surface area (Å²) in [5.41, 5.74) is 1.69. The van der Waals surface area contributed by atoms with Crippen molar-refractivity contribution in [3.05, 3.63) is 59.3 Å². The van der Waals surface area contributed by atoms with E-state index >= 15 is 0 Å². The minimum atomic E-state index is -4.66. The summed E-state index contributed by atoms with van der Waals surface area (Å²) in [5, 5.41) is 11.2. The number of nitrogens with zero attached hydrogens (tertiary/aromatic N) is 6. The van der Waals surface area contributed by atoms with Gasteiger partial charge in [-0.3, -0.25) is 0 Å². The molecule has 0 aliphatic heterocycles. The number of anilines is 2. The number of hydrogen-bond donors (Lipinski definition) is 1. The highest BCUT2D eigenvalue weighted by atomic mass is 35.5. The Morgan fingerprint density at radius 1 is 1.15 bits per heavy atom. The largest absolute Gasteiger partial charge is 0.453 e. The molecular formula is C16H11ClF3N7. The first-order chi connectivity index (χ1) is 12.8. The molecule has 0 bridgehead atoms. The SMILES string of the molecule is Cc1cc(Nc2cnn(-c3ccccc3Cl)c2)n2nc(C(F)(F)F)nc2n1. The van der Waals surface area contributed by atoms with Gasteiger partial charge in [0.15, 0.2) is 0 Å². The fourth-order valence-corrected chi connectivity index (χ4v) is 2.72. The summed E-state index contributed by atoms with van der Waals surface area (Å²) in [4.78, 5) is 7.44. The van der Waals surface area contributed by atoms with Crippen LogP contribution in [0.25, 0.3) is 11.5 Å². The Labute approximate surface area is 155 Å². The van der Waals surface area contributed by atoms with Gasteiger partial charge in [0.2, 0.25) is 0 Å². The monoisotopic (exact) mass is 393 g/mol. The van der Waals surface area contributed by atoms with Gasteiger partial charge in [0.25, 0.3) is 11.6 Å². The first kappa shape index (κ1) is 17.3. The minimum Gasteiger partial charge on any atom is -0.337 e. The maximum absolute atomic E-state index is 12.9. The van der Waals surface area contributed by atoms with Crippen molar-refractivity contribution in [2.24, 2.45) is 0 Å². The molecule has 0 aliphatic carbocycles. The highest BCUT2D eigenvalue weighted by molar-refractivity contribution is 6.32. The first-order valence-corrected chi connectivity index (χ1v) is 8.07. The van der Waals surface area contributed by atoms with Crippen molar-refractivity contribution < 1.29 is 13.2 Å². The molecule has 3 aromatic heterocycles. The zero-order chi connectivity index (χ0) is 19.2. The molecule has 27 heavy (non-hydrogen) atoms. The summed E-state index contributed by atoms with van der Waals surface area (Å²) in [7, 11) is 0. The van der Waals surface area contributed by atoms with Gasteiger partial charge in [-0.25, -0.2) is 9.67 Å². The van der Waals surface area contributed by atoms with Crippen LogP contribution < -0.4 is 5.32 Å². The summed E-state index contributed by atoms with van der Waals surface area (Å²) in [6.07, 6.45) is -1.48. The lowest BCUT2D eigenvalue weighted by Gasteiger charge is -2.06. The van der Waals surface area contributed by atoms with Crippen molar-refractivity contribution in [2.45, 2.75) is 13.1 Å². The maximum Gasteiger partial charge on any atom is 0.453 e. The van der Waals surface area contributed by atoms with E-state index in [0.717, 1.165) is 4.52 Å². The maximum atomic E-state index is 12.9. The Hall–Kier alpha value is -3.14. The number of alkyl halides is 3. The van der Waals surface area contributed by atoms with E-state index in [1.54, 1.807) is 42.1 Å². The number of halogens is 4. The van der Waals surface area contributed by atoms with Crippen LogP contribution in [0, 0.1) is 6.92 Å². The lowest BCUT2D eigenvalue weighted by Crippen LogP contribution is -2.08. The molecule has 138 valence electrons. The third-order valence-electron chi connectivity index (χ3n) is 3.65. The minimum absolute atomic E-state index is 0.150. The average molecular weight is 394 g/mol. The standard InChI is InChI=1S/C16H11ClF3N7/c1-9-6-13(27-15(22-9)24-14(25-27)16(18,19)20)23-10-7-21-26(8-10)12-5-3-2-4-11(12)17/h2-8,23H,1H3. The number of aryl methyl sites for hydroxylation is 1. The van der Waals surface area contributed by atoms with E-state index in [9.17, 15) is 13.2 Å². The molecule has 11 heteroatoms. The van der Waals surface area contributed by atoms with E-state index in [1.165, 1.54) is 6.20 Å². The van der Waals surface area contributed by atoms with Gasteiger partial charge in [-0.05, 0) is 19.1 Å². The molecule has 0 atom stereocenters. The molecule has 0 unspecified atom stereocenters. The Balaban J connectivity index is 1.72. The summed E-state index contributed by atoms with van der Waals surface area (Å²) < 4.78 is 41.3. The average Bonchev–Trinajstić information content (AvgIpc) is 3.22. The number of rotatable bonds is 3. The molecule has 7 nitrogen and oxygen atoms in total. The van der Waals surface area contributed by atoms with Crippen LogP contribution >= 0.6 is 11.6 Å². The van der Waals surface area contributed by atoms with Gasteiger partial charge >= 0.3 is 6.18 Å². The van der Waals surface area contributed by atoms with Gasteiger partial charge < -0.3 is 5.32 Å². The van der Waals surface area contributed by atoms with Crippen molar-refractivity contribution in [2.75, 3.05) is 5.32 Å². The molecule has 0 saturated heterocycles. The van der Waals surface area contributed by atoms with Crippen LogP contribution in [0.1, 0.15) is 11.5 Å². The number of para-hydroxylation sites is 1. The van der Waals surface area contributed by atoms with E-state index < -0.39 is 12.0 Å². The summed E-state index contributed by atoms with van der Waals surface area (Å²) in [5.74, 6) is -1.13. The lowest BCUT2D eigenvalue weighted by atomic mass is 10.3. The van der Waals surface area contributed by atoms with Crippen LogP contribution in [0.4, 0.5) is 24.7 Å². The molecule has 0 saturated carbocycles. The molecule has 3 heterocycles. The molecule has 1 N–H and O–H groups in total. The van der Waals surface area contributed by atoms with Crippen LogP contribution in [-0.2, 0) is 6.18 Å². The summed E-state index contributed by atoms with van der Waals surface area (Å²) >= 11 is 6.15. The number of nitrogens with one attached hydrogen (secondary N) is 1. The van der Waals surface area contributed by atoms with Gasteiger partial charge in [0.1, 0.15) is 5.82 Å². The van der Waals surface area contributed by atoms with Crippen LogP contribution in [0.5, 0.6) is 0 Å².